The molecule has 0 amide bonds. The first kappa shape index (κ1) is 15.2. The van der Waals surface area contributed by atoms with Crippen LogP contribution < -0.4 is 10.5 Å². The molecule has 2 aromatic carbocycles. The molecule has 23 heavy (non-hydrogen) atoms. The van der Waals surface area contributed by atoms with E-state index in [0.717, 1.165) is 12.1 Å². The summed E-state index contributed by atoms with van der Waals surface area (Å²) in [7, 11) is 1.51. The molecule has 0 atom stereocenters. The van der Waals surface area contributed by atoms with Gasteiger partial charge in [-0.3, -0.25) is 0 Å². The number of hydrogen-bond donors (Lipinski definition) is 2. The molecule has 0 aliphatic heterocycles. The van der Waals surface area contributed by atoms with Crippen molar-refractivity contribution in [2.45, 2.75) is 6.54 Å². The Kier molecular flexibility index (Phi) is 3.87. The van der Waals surface area contributed by atoms with Crippen LogP contribution in [-0.4, -0.2) is 28.4 Å². The molecule has 0 fully saturated rings. The summed E-state index contributed by atoms with van der Waals surface area (Å²) >= 11 is 0. The van der Waals surface area contributed by atoms with Crippen LogP contribution >= 0.6 is 0 Å². The molecule has 0 aliphatic rings. The van der Waals surface area contributed by atoms with E-state index in [1.807, 2.05) is 0 Å². The number of methoxy groups -OCH3 is 1. The fourth-order valence-electron chi connectivity index (χ4n) is 2.54. The maximum absolute atomic E-state index is 13.5. The van der Waals surface area contributed by atoms with Crippen molar-refractivity contribution in [3.05, 3.63) is 42.0 Å². The van der Waals surface area contributed by atoms with Crippen molar-refractivity contribution in [3.8, 4) is 17.1 Å². The molecule has 0 radical (unpaired) electrons. The highest BCUT2D eigenvalue weighted by Crippen LogP contribution is 2.31. The maximum atomic E-state index is 13.5. The van der Waals surface area contributed by atoms with E-state index < -0.39 is 11.6 Å². The van der Waals surface area contributed by atoms with Crippen molar-refractivity contribution in [2.75, 3.05) is 19.5 Å². The molecule has 0 bridgehead atoms. The molecule has 7 heteroatoms. The molecular formula is C16H15F2N3O2. The first-order chi connectivity index (χ1) is 11.0. The van der Waals surface area contributed by atoms with Crippen molar-refractivity contribution in [1.82, 2.24) is 9.55 Å². The van der Waals surface area contributed by atoms with Gasteiger partial charge in [0.2, 0.25) is 0 Å². The van der Waals surface area contributed by atoms with Crippen LogP contribution in [0.25, 0.3) is 22.4 Å². The van der Waals surface area contributed by atoms with Crippen LogP contribution in [0, 0.1) is 11.6 Å². The molecule has 3 rings (SSSR count). The summed E-state index contributed by atoms with van der Waals surface area (Å²) in [5.74, 6) is -0.937. The molecule has 0 saturated carbocycles. The van der Waals surface area contributed by atoms with E-state index in [2.05, 4.69) is 4.98 Å². The quantitative estimate of drug-likeness (QED) is 0.725. The number of nitrogen functional groups attached to an aromatic ring is 1. The lowest BCUT2D eigenvalue weighted by molar-refractivity contribution is 0.278. The van der Waals surface area contributed by atoms with Crippen LogP contribution in [0.15, 0.2) is 30.3 Å². The van der Waals surface area contributed by atoms with Crippen LogP contribution in [-0.2, 0) is 6.54 Å². The lowest BCUT2D eigenvalue weighted by atomic mass is 10.1. The molecule has 0 aliphatic carbocycles. The second-order valence-electron chi connectivity index (χ2n) is 5.02. The Bertz CT molecular complexity index is 877. The molecule has 0 saturated heterocycles. The van der Waals surface area contributed by atoms with E-state index in [9.17, 15) is 13.9 Å². The Morgan fingerprint density at radius 3 is 2.61 bits per heavy atom. The monoisotopic (exact) mass is 319 g/mol. The zero-order valence-corrected chi connectivity index (χ0v) is 12.4. The average Bonchev–Trinajstić information content (AvgIpc) is 2.86. The molecule has 5 nitrogen and oxygen atoms in total. The topological polar surface area (TPSA) is 73.3 Å². The fraction of sp³-hybridized carbons (Fsp3) is 0.188. The lowest BCUT2D eigenvalue weighted by Crippen LogP contribution is -2.05. The zero-order valence-electron chi connectivity index (χ0n) is 12.4. The summed E-state index contributed by atoms with van der Waals surface area (Å²) in [5.41, 5.74) is 7.70. The van der Waals surface area contributed by atoms with E-state index in [1.54, 1.807) is 22.8 Å². The Morgan fingerprint density at radius 2 is 1.96 bits per heavy atom. The summed E-state index contributed by atoms with van der Waals surface area (Å²) in [4.78, 5) is 4.35. The number of fused-ring (bicyclic) bond motifs is 1. The van der Waals surface area contributed by atoms with Crippen LogP contribution in [0.4, 0.5) is 14.5 Å². The smallest absolute Gasteiger partial charge is 0.161 e. The van der Waals surface area contributed by atoms with Crippen molar-refractivity contribution >= 4 is 16.7 Å². The third-order valence-electron chi connectivity index (χ3n) is 3.60. The van der Waals surface area contributed by atoms with E-state index >= 15 is 0 Å². The van der Waals surface area contributed by atoms with Gasteiger partial charge in [0.1, 0.15) is 11.6 Å². The number of anilines is 1. The van der Waals surface area contributed by atoms with Gasteiger partial charge in [-0.1, -0.05) is 0 Å². The van der Waals surface area contributed by atoms with E-state index in [4.69, 9.17) is 10.5 Å². The highest BCUT2D eigenvalue weighted by molar-refractivity contribution is 5.81. The number of ether oxygens (including phenoxy) is 1. The first-order valence-electron chi connectivity index (χ1n) is 6.95. The van der Waals surface area contributed by atoms with Crippen molar-refractivity contribution < 1.29 is 18.6 Å². The number of rotatable bonds is 4. The molecule has 120 valence electrons. The average molecular weight is 319 g/mol. The second-order valence-corrected chi connectivity index (χ2v) is 5.02. The zero-order chi connectivity index (χ0) is 16.6. The highest BCUT2D eigenvalue weighted by Gasteiger charge is 2.16. The number of aliphatic hydroxyl groups excluding tert-OH is 1. The van der Waals surface area contributed by atoms with Crippen LogP contribution in [0.5, 0.6) is 5.75 Å². The standard InChI is InChI=1S/C16H15F2N3O2/c1-23-15-3-2-9(6-12(15)19)16-20-13-7-10(17)11(18)8-14(13)21(16)4-5-22/h2-3,6-8,22H,4-5,19H2,1H3. The van der Waals surface area contributed by atoms with Crippen molar-refractivity contribution in [2.24, 2.45) is 0 Å². The highest BCUT2D eigenvalue weighted by atomic mass is 19.2. The van der Waals surface area contributed by atoms with Crippen LogP contribution in [0.2, 0.25) is 0 Å². The van der Waals surface area contributed by atoms with Gasteiger partial charge in [-0.2, -0.15) is 0 Å². The minimum absolute atomic E-state index is 0.164. The summed E-state index contributed by atoms with van der Waals surface area (Å²) in [6.07, 6.45) is 0. The molecule has 3 N–H and O–H groups in total. The van der Waals surface area contributed by atoms with E-state index in [-0.39, 0.29) is 13.2 Å². The van der Waals surface area contributed by atoms with Gasteiger partial charge in [-0.05, 0) is 18.2 Å². The SMILES string of the molecule is COc1ccc(-c2nc3cc(F)c(F)cc3n2CCO)cc1N. The Morgan fingerprint density at radius 1 is 1.22 bits per heavy atom. The van der Waals surface area contributed by atoms with Crippen LogP contribution in [0.1, 0.15) is 0 Å². The Hall–Kier alpha value is -2.67. The molecule has 1 aromatic heterocycles. The fourth-order valence-corrected chi connectivity index (χ4v) is 2.54. The number of aliphatic hydroxyl groups is 1. The van der Waals surface area contributed by atoms with E-state index in [1.165, 1.54) is 7.11 Å². The van der Waals surface area contributed by atoms with Gasteiger partial charge < -0.3 is 20.1 Å². The normalized spacial score (nSPS) is 11.1. The predicted octanol–water partition coefficient (Wildman–Crippen LogP) is 2.56. The van der Waals surface area contributed by atoms with Crippen molar-refractivity contribution in [3.63, 3.8) is 0 Å². The number of nitrogens with two attached hydrogens (primary N) is 1. The molecule has 0 spiro atoms. The van der Waals surface area contributed by atoms with Gasteiger partial charge in [-0.15, -0.1) is 0 Å². The predicted molar refractivity (Wildman–Crippen MR) is 83.1 cm³/mol. The number of nitrogens with zero attached hydrogens (tertiary/aromatic N) is 2. The van der Waals surface area contributed by atoms with Crippen molar-refractivity contribution in [1.29, 1.82) is 0 Å². The number of benzene rings is 2. The van der Waals surface area contributed by atoms with E-state index in [0.29, 0.717) is 33.9 Å². The van der Waals surface area contributed by atoms with Crippen LogP contribution in [0.3, 0.4) is 0 Å². The molecule has 0 unspecified atom stereocenters. The van der Waals surface area contributed by atoms with Gasteiger partial charge in [0.15, 0.2) is 11.6 Å². The van der Waals surface area contributed by atoms with Gasteiger partial charge >= 0.3 is 0 Å². The molecular weight excluding hydrogens is 304 g/mol. The summed E-state index contributed by atoms with van der Waals surface area (Å²) in [5, 5.41) is 9.27. The number of halogens is 2. The summed E-state index contributed by atoms with van der Waals surface area (Å²) < 4.78 is 33.7. The van der Waals surface area contributed by atoms with Gasteiger partial charge in [0.05, 0.1) is 30.4 Å². The third kappa shape index (κ3) is 2.59. The first-order valence-corrected chi connectivity index (χ1v) is 6.95. The summed E-state index contributed by atoms with van der Waals surface area (Å²) in [6, 6.07) is 7.21. The number of hydrogen-bond acceptors (Lipinski definition) is 4. The summed E-state index contributed by atoms with van der Waals surface area (Å²) in [6.45, 7) is 0.0337. The number of imidazole rings is 1. The second kappa shape index (κ2) is 5.85. The third-order valence-corrected chi connectivity index (χ3v) is 3.60. The van der Waals surface area contributed by atoms with Gasteiger partial charge in [-0.25, -0.2) is 13.8 Å². The van der Waals surface area contributed by atoms with Gasteiger partial charge in [0, 0.05) is 24.2 Å². The Balaban J connectivity index is 2.23. The lowest BCUT2D eigenvalue weighted by Gasteiger charge is -2.10. The maximum Gasteiger partial charge on any atom is 0.161 e. The number of aromatic nitrogens is 2. The minimum Gasteiger partial charge on any atom is -0.495 e. The minimum atomic E-state index is -0.966. The Labute approximate surface area is 130 Å². The molecule has 1 heterocycles. The molecule has 3 aromatic rings. The van der Waals surface area contributed by atoms with Gasteiger partial charge in [0.25, 0.3) is 0 Å². The largest absolute Gasteiger partial charge is 0.495 e.